The summed E-state index contributed by atoms with van der Waals surface area (Å²) >= 11 is 0. The number of rotatable bonds is 4. The molecule has 3 heterocycles. The van der Waals surface area contributed by atoms with Gasteiger partial charge in [-0.15, -0.1) is 0 Å². The first-order chi connectivity index (χ1) is 16.7. The Labute approximate surface area is 199 Å². The average Bonchev–Trinajstić information content (AvgIpc) is 3.38. The molecule has 0 aliphatic heterocycles. The number of aromatic nitrogens is 3. The van der Waals surface area contributed by atoms with Crippen LogP contribution in [0.15, 0.2) is 35.1 Å². The first kappa shape index (κ1) is 28.6. The van der Waals surface area contributed by atoms with E-state index in [4.69, 9.17) is 24.3 Å². The number of alkyl halides is 6. The third-order valence-electron chi connectivity index (χ3n) is 4.86. The Bertz CT molecular complexity index is 1150. The zero-order chi connectivity index (χ0) is 27.1. The Morgan fingerprint density at radius 2 is 1.61 bits per heavy atom. The smallest absolute Gasteiger partial charge is 0.475 e. The van der Waals surface area contributed by atoms with Crippen LogP contribution in [0.5, 0.6) is 0 Å². The predicted octanol–water partition coefficient (Wildman–Crippen LogP) is 4.10. The minimum Gasteiger partial charge on any atom is -0.475 e. The maximum atomic E-state index is 10.6. The van der Waals surface area contributed by atoms with Crippen molar-refractivity contribution in [2.75, 3.05) is 7.05 Å². The second kappa shape index (κ2) is 11.9. The lowest BCUT2D eigenvalue weighted by atomic mass is 9.96. The van der Waals surface area contributed by atoms with Gasteiger partial charge in [0.15, 0.2) is 0 Å². The van der Waals surface area contributed by atoms with Gasteiger partial charge in [-0.05, 0) is 38.4 Å². The molecule has 1 aliphatic carbocycles. The van der Waals surface area contributed by atoms with Gasteiger partial charge in [0.2, 0.25) is 0 Å². The molecule has 0 unspecified atom stereocenters. The third-order valence-corrected chi connectivity index (χ3v) is 4.86. The summed E-state index contributed by atoms with van der Waals surface area (Å²) in [6, 6.07) is 6.07. The summed E-state index contributed by atoms with van der Waals surface area (Å²) in [6.07, 6.45) is -1.54. The Hall–Kier alpha value is -3.62. The SMILES string of the molecule is CN(Cc1noc2c1CCCC2)Cc1cnc2ccccn12.O=C(O)C(F)(F)F.O=C(O)C(F)(F)F. The van der Waals surface area contributed by atoms with Gasteiger partial charge in [-0.1, -0.05) is 11.2 Å². The number of hydrogen-bond donors (Lipinski definition) is 2. The summed E-state index contributed by atoms with van der Waals surface area (Å²) in [7, 11) is 2.12. The van der Waals surface area contributed by atoms with Crippen LogP contribution in [0.25, 0.3) is 5.65 Å². The van der Waals surface area contributed by atoms with E-state index < -0.39 is 24.3 Å². The zero-order valence-electron chi connectivity index (χ0n) is 18.8. The molecule has 198 valence electrons. The summed E-state index contributed by atoms with van der Waals surface area (Å²) in [5.74, 6) is -4.41. The van der Waals surface area contributed by atoms with Crippen molar-refractivity contribution >= 4 is 17.6 Å². The summed E-state index contributed by atoms with van der Waals surface area (Å²) in [6.45, 7) is 1.66. The second-order valence-electron chi connectivity index (χ2n) is 7.69. The number of halogens is 6. The summed E-state index contributed by atoms with van der Waals surface area (Å²) in [5, 5.41) is 18.5. The highest BCUT2D eigenvalue weighted by molar-refractivity contribution is 5.73. The minimum atomic E-state index is -5.08. The van der Waals surface area contributed by atoms with Crippen LogP contribution in [-0.2, 0) is 35.5 Å². The van der Waals surface area contributed by atoms with Crippen molar-refractivity contribution in [1.82, 2.24) is 19.4 Å². The fourth-order valence-corrected chi connectivity index (χ4v) is 3.26. The monoisotopic (exact) mass is 524 g/mol. The number of pyridine rings is 1. The molecular weight excluding hydrogens is 502 g/mol. The van der Waals surface area contributed by atoms with E-state index in [9.17, 15) is 26.3 Å². The Kier molecular flexibility index (Phi) is 9.44. The first-order valence-electron chi connectivity index (χ1n) is 10.4. The molecular formula is C21H22F6N4O5. The number of hydrogen-bond acceptors (Lipinski definition) is 6. The van der Waals surface area contributed by atoms with Gasteiger partial charge in [0.05, 0.1) is 11.9 Å². The van der Waals surface area contributed by atoms with E-state index in [1.165, 1.54) is 24.1 Å². The van der Waals surface area contributed by atoms with Gasteiger partial charge in [0.1, 0.15) is 17.1 Å². The average molecular weight is 524 g/mol. The number of aliphatic carboxylic acids is 2. The van der Waals surface area contributed by atoms with Crippen LogP contribution < -0.4 is 0 Å². The highest BCUT2D eigenvalue weighted by atomic mass is 19.4. The fourth-order valence-electron chi connectivity index (χ4n) is 3.26. The molecule has 0 bridgehead atoms. The number of fused-ring (bicyclic) bond motifs is 2. The molecule has 15 heteroatoms. The Morgan fingerprint density at radius 1 is 1.03 bits per heavy atom. The minimum absolute atomic E-state index is 0.818. The highest BCUT2D eigenvalue weighted by Crippen LogP contribution is 2.25. The van der Waals surface area contributed by atoms with E-state index >= 15 is 0 Å². The molecule has 0 fully saturated rings. The van der Waals surface area contributed by atoms with Gasteiger partial charge in [-0.25, -0.2) is 14.6 Å². The van der Waals surface area contributed by atoms with Crippen molar-refractivity contribution < 1.29 is 50.7 Å². The molecule has 9 nitrogen and oxygen atoms in total. The van der Waals surface area contributed by atoms with Crippen molar-refractivity contribution in [3.05, 3.63) is 53.3 Å². The van der Waals surface area contributed by atoms with E-state index in [2.05, 4.69) is 32.7 Å². The van der Waals surface area contributed by atoms with Crippen LogP contribution in [0.4, 0.5) is 26.3 Å². The fraction of sp³-hybridized carbons (Fsp3) is 0.429. The van der Waals surface area contributed by atoms with Crippen molar-refractivity contribution in [3.63, 3.8) is 0 Å². The van der Waals surface area contributed by atoms with E-state index in [0.29, 0.717) is 0 Å². The number of carboxylic acids is 2. The second-order valence-corrected chi connectivity index (χ2v) is 7.69. The van der Waals surface area contributed by atoms with Crippen LogP contribution in [0, 0.1) is 0 Å². The lowest BCUT2D eigenvalue weighted by Gasteiger charge is -2.16. The number of carboxylic acid groups (broad SMARTS) is 2. The topological polar surface area (TPSA) is 121 Å². The number of nitrogens with zero attached hydrogens (tertiary/aromatic N) is 4. The van der Waals surface area contributed by atoms with Crippen molar-refractivity contribution in [2.24, 2.45) is 0 Å². The summed E-state index contributed by atoms with van der Waals surface area (Å²) in [4.78, 5) is 24.5. The maximum Gasteiger partial charge on any atom is 0.490 e. The first-order valence-corrected chi connectivity index (χ1v) is 10.4. The third kappa shape index (κ3) is 8.25. The molecule has 0 radical (unpaired) electrons. The lowest BCUT2D eigenvalue weighted by molar-refractivity contribution is -0.193. The van der Waals surface area contributed by atoms with Gasteiger partial charge in [0, 0.05) is 31.3 Å². The van der Waals surface area contributed by atoms with Crippen molar-refractivity contribution in [3.8, 4) is 0 Å². The summed E-state index contributed by atoms with van der Waals surface area (Å²) < 4.78 is 71.1. The molecule has 0 saturated heterocycles. The van der Waals surface area contributed by atoms with Crippen LogP contribution in [0.2, 0.25) is 0 Å². The van der Waals surface area contributed by atoms with Crippen LogP contribution >= 0.6 is 0 Å². The molecule has 0 saturated carbocycles. The number of imidazole rings is 1. The molecule has 1 aliphatic rings. The highest BCUT2D eigenvalue weighted by Gasteiger charge is 2.38. The molecule has 3 aromatic heterocycles. The van der Waals surface area contributed by atoms with Crippen LogP contribution in [-0.4, -0.2) is 61.0 Å². The largest absolute Gasteiger partial charge is 0.490 e. The Balaban J connectivity index is 0.000000271. The zero-order valence-corrected chi connectivity index (χ0v) is 18.8. The molecule has 36 heavy (non-hydrogen) atoms. The van der Waals surface area contributed by atoms with E-state index in [-0.39, 0.29) is 0 Å². The molecule has 0 aromatic carbocycles. The molecule has 0 amide bonds. The number of aryl methyl sites for hydroxylation is 1. The van der Waals surface area contributed by atoms with Crippen LogP contribution in [0.3, 0.4) is 0 Å². The molecule has 2 N–H and O–H groups in total. The Morgan fingerprint density at radius 3 is 2.19 bits per heavy atom. The predicted molar refractivity (Wildman–Crippen MR) is 111 cm³/mol. The van der Waals surface area contributed by atoms with E-state index in [0.717, 1.165) is 43.0 Å². The summed E-state index contributed by atoms with van der Waals surface area (Å²) in [5.41, 5.74) is 4.63. The van der Waals surface area contributed by atoms with Gasteiger partial charge < -0.3 is 19.1 Å². The van der Waals surface area contributed by atoms with Gasteiger partial charge in [-0.2, -0.15) is 26.3 Å². The van der Waals surface area contributed by atoms with Crippen molar-refractivity contribution in [2.45, 2.75) is 51.1 Å². The van der Waals surface area contributed by atoms with Gasteiger partial charge in [0.25, 0.3) is 0 Å². The molecule has 0 atom stereocenters. The molecule has 3 aromatic rings. The number of carbonyl (C=O) groups is 2. The van der Waals surface area contributed by atoms with E-state index in [1.54, 1.807) is 0 Å². The van der Waals surface area contributed by atoms with Crippen LogP contribution in [0.1, 0.15) is 35.6 Å². The maximum absolute atomic E-state index is 10.6. The standard InChI is InChI=1S/C17H20N4O.2C2HF3O2/c1-20(11-13-10-18-17-8-4-5-9-21(13)17)12-15-14-6-2-3-7-16(14)22-19-15;2*3-2(4,5)1(6)7/h4-5,8-10H,2-3,6-7,11-12H2,1H3;2*(H,6,7). The molecule has 0 spiro atoms. The van der Waals surface area contributed by atoms with Gasteiger partial charge in [-0.3, -0.25) is 4.90 Å². The quantitative estimate of drug-likeness (QED) is 0.490. The normalized spacial score (nSPS) is 13.3. The lowest BCUT2D eigenvalue weighted by Crippen LogP contribution is -2.21. The molecule has 4 rings (SSSR count). The van der Waals surface area contributed by atoms with Gasteiger partial charge >= 0.3 is 24.3 Å². The van der Waals surface area contributed by atoms with Crippen molar-refractivity contribution in [1.29, 1.82) is 0 Å². The van der Waals surface area contributed by atoms with E-state index in [1.807, 2.05) is 24.4 Å².